The largest absolute Gasteiger partial charge is 0.455 e. The van der Waals surface area contributed by atoms with Crippen LogP contribution in [-0.4, -0.2) is 22.7 Å². The molecule has 0 fully saturated rings. The van der Waals surface area contributed by atoms with Crippen molar-refractivity contribution in [3.63, 3.8) is 0 Å². The lowest BCUT2D eigenvalue weighted by Gasteiger charge is -2.18. The molecule has 0 amide bonds. The number of alkyl halides is 3. The number of halogens is 6. The number of allylic oxidation sites excluding steroid dienone is 1. The molecule has 9 heteroatoms. The standard InChI is InChI=1S/C23H19Cl2F4NO2/c1-22(2,3)32-21(31)19-9-13-8-12(5-7-18(13)30-19)4-6-16(23(27,28)29)15-10-14(24)11-17(25)20(15)26/h4-11,16,30H,1-3H3/b6-4+. The van der Waals surface area contributed by atoms with E-state index in [-0.39, 0.29) is 10.7 Å². The Balaban J connectivity index is 1.94. The van der Waals surface area contributed by atoms with Crippen LogP contribution in [0.15, 0.2) is 42.5 Å². The van der Waals surface area contributed by atoms with Crippen LogP contribution in [0.25, 0.3) is 17.0 Å². The number of carbonyl (C=O) groups excluding carboxylic acids is 1. The minimum absolute atomic E-state index is 0.0996. The second kappa shape index (κ2) is 8.79. The molecule has 3 nitrogen and oxygen atoms in total. The van der Waals surface area contributed by atoms with Gasteiger partial charge in [-0.25, -0.2) is 9.18 Å². The number of H-pyrrole nitrogens is 1. The third-order valence-corrected chi connectivity index (χ3v) is 4.95. The van der Waals surface area contributed by atoms with Gasteiger partial charge in [-0.2, -0.15) is 13.2 Å². The van der Waals surface area contributed by atoms with Gasteiger partial charge in [0.2, 0.25) is 0 Å². The molecule has 1 N–H and O–H groups in total. The average Bonchev–Trinajstić information content (AvgIpc) is 3.07. The maximum absolute atomic E-state index is 14.3. The maximum atomic E-state index is 14.3. The number of fused-ring (bicyclic) bond motifs is 1. The van der Waals surface area contributed by atoms with Crippen LogP contribution >= 0.6 is 23.2 Å². The summed E-state index contributed by atoms with van der Waals surface area (Å²) < 4.78 is 60.6. The summed E-state index contributed by atoms with van der Waals surface area (Å²) in [6.07, 6.45) is -2.70. The highest BCUT2D eigenvalue weighted by atomic mass is 35.5. The predicted molar refractivity (Wildman–Crippen MR) is 118 cm³/mol. The molecule has 0 aliphatic rings. The lowest BCUT2D eigenvalue weighted by atomic mass is 9.96. The number of ether oxygens (including phenoxy) is 1. The summed E-state index contributed by atoms with van der Waals surface area (Å²) in [5, 5.41) is 0.0181. The first kappa shape index (κ1) is 24.1. The molecule has 0 aliphatic carbocycles. The van der Waals surface area contributed by atoms with Gasteiger partial charge in [0.05, 0.1) is 5.02 Å². The summed E-state index contributed by atoms with van der Waals surface area (Å²) in [6, 6.07) is 8.31. The van der Waals surface area contributed by atoms with Gasteiger partial charge in [-0.05, 0) is 56.7 Å². The van der Waals surface area contributed by atoms with Crippen molar-refractivity contribution >= 4 is 46.2 Å². The highest BCUT2D eigenvalue weighted by Crippen LogP contribution is 2.40. The second-order valence-corrected chi connectivity index (χ2v) is 9.04. The van der Waals surface area contributed by atoms with Crippen molar-refractivity contribution in [2.75, 3.05) is 0 Å². The lowest BCUT2D eigenvalue weighted by molar-refractivity contribution is -0.139. The van der Waals surface area contributed by atoms with Crippen LogP contribution in [0, 0.1) is 5.82 Å². The molecule has 0 bridgehead atoms. The molecule has 1 aromatic heterocycles. The van der Waals surface area contributed by atoms with Crippen LogP contribution in [0.2, 0.25) is 10.0 Å². The number of aromatic nitrogens is 1. The van der Waals surface area contributed by atoms with Crippen LogP contribution in [0.5, 0.6) is 0 Å². The fourth-order valence-electron chi connectivity index (χ4n) is 3.10. The van der Waals surface area contributed by atoms with E-state index in [1.54, 1.807) is 45.0 Å². The van der Waals surface area contributed by atoms with Crippen molar-refractivity contribution < 1.29 is 27.1 Å². The molecule has 3 aromatic rings. The zero-order valence-corrected chi connectivity index (χ0v) is 18.8. The zero-order chi connectivity index (χ0) is 23.8. The van der Waals surface area contributed by atoms with Crippen molar-refractivity contribution in [3.8, 4) is 0 Å². The Kier molecular flexibility index (Phi) is 6.63. The molecule has 32 heavy (non-hydrogen) atoms. The Morgan fingerprint density at radius 3 is 2.41 bits per heavy atom. The summed E-state index contributed by atoms with van der Waals surface area (Å²) >= 11 is 11.5. The predicted octanol–water partition coefficient (Wildman–Crippen LogP) is 7.93. The number of hydrogen-bond donors (Lipinski definition) is 1. The Morgan fingerprint density at radius 1 is 1.09 bits per heavy atom. The SMILES string of the molecule is CC(C)(C)OC(=O)c1cc2cc(/C=C/C(c3cc(Cl)cc(Cl)c3F)C(F)(F)F)ccc2[nH]1. The highest BCUT2D eigenvalue weighted by molar-refractivity contribution is 6.34. The smallest absolute Gasteiger partial charge is 0.399 e. The number of carbonyl (C=O) groups is 1. The van der Waals surface area contributed by atoms with Gasteiger partial charge in [0.15, 0.2) is 0 Å². The first-order valence-electron chi connectivity index (χ1n) is 9.50. The minimum Gasteiger partial charge on any atom is -0.455 e. The summed E-state index contributed by atoms with van der Waals surface area (Å²) in [5.74, 6) is -3.97. The number of nitrogens with one attached hydrogen (secondary N) is 1. The summed E-state index contributed by atoms with van der Waals surface area (Å²) in [7, 11) is 0. The van der Waals surface area contributed by atoms with Gasteiger partial charge in [0, 0.05) is 21.5 Å². The first-order valence-corrected chi connectivity index (χ1v) is 10.3. The molecule has 0 radical (unpaired) electrons. The minimum atomic E-state index is -4.77. The summed E-state index contributed by atoms with van der Waals surface area (Å²) in [5.41, 5.74) is -0.0768. The topological polar surface area (TPSA) is 42.1 Å². The van der Waals surface area contributed by atoms with Crippen molar-refractivity contribution in [1.29, 1.82) is 0 Å². The number of hydrogen-bond acceptors (Lipinski definition) is 2. The third-order valence-electron chi connectivity index (χ3n) is 4.45. The van der Waals surface area contributed by atoms with Crippen LogP contribution in [-0.2, 0) is 4.74 Å². The van der Waals surface area contributed by atoms with E-state index >= 15 is 0 Å². The van der Waals surface area contributed by atoms with Crippen LogP contribution in [0.3, 0.4) is 0 Å². The molecule has 2 aromatic carbocycles. The van der Waals surface area contributed by atoms with Crippen molar-refractivity contribution in [1.82, 2.24) is 4.98 Å². The van der Waals surface area contributed by atoms with Gasteiger partial charge >= 0.3 is 12.1 Å². The maximum Gasteiger partial charge on any atom is 0.399 e. The van der Waals surface area contributed by atoms with Gasteiger partial charge in [0.25, 0.3) is 0 Å². The van der Waals surface area contributed by atoms with E-state index in [1.165, 1.54) is 6.08 Å². The van der Waals surface area contributed by atoms with E-state index in [9.17, 15) is 22.4 Å². The van der Waals surface area contributed by atoms with Crippen LogP contribution < -0.4 is 0 Å². The Hall–Kier alpha value is -2.51. The van der Waals surface area contributed by atoms with Gasteiger partial charge in [-0.1, -0.05) is 41.4 Å². The molecule has 0 aliphatic heterocycles. The average molecular weight is 488 g/mol. The van der Waals surface area contributed by atoms with Crippen LogP contribution in [0.4, 0.5) is 17.6 Å². The zero-order valence-electron chi connectivity index (χ0n) is 17.3. The molecule has 0 saturated carbocycles. The van der Waals surface area contributed by atoms with Gasteiger partial charge in [0.1, 0.15) is 23.0 Å². The quantitative estimate of drug-likeness (QED) is 0.230. The Labute approximate surface area is 192 Å². The van der Waals surface area contributed by atoms with E-state index < -0.39 is 40.1 Å². The second-order valence-electron chi connectivity index (χ2n) is 8.20. The van der Waals surface area contributed by atoms with E-state index in [0.29, 0.717) is 16.5 Å². The molecule has 3 rings (SSSR count). The molecule has 0 spiro atoms. The number of aromatic amines is 1. The molecule has 0 saturated heterocycles. The first-order chi connectivity index (χ1) is 14.7. The van der Waals surface area contributed by atoms with Gasteiger partial charge < -0.3 is 9.72 Å². The monoisotopic (exact) mass is 487 g/mol. The van der Waals surface area contributed by atoms with Crippen molar-refractivity contribution in [3.05, 3.63) is 75.2 Å². The van der Waals surface area contributed by atoms with Crippen molar-refractivity contribution in [2.24, 2.45) is 0 Å². The summed E-state index contributed by atoms with van der Waals surface area (Å²) in [4.78, 5) is 15.2. The Morgan fingerprint density at radius 2 is 1.78 bits per heavy atom. The van der Waals surface area contributed by atoms with E-state index in [2.05, 4.69) is 4.98 Å². The fraction of sp³-hybridized carbons (Fsp3) is 0.261. The van der Waals surface area contributed by atoms with Gasteiger partial charge in [-0.3, -0.25) is 0 Å². The van der Waals surface area contributed by atoms with E-state index in [1.807, 2.05) is 0 Å². The third kappa shape index (κ3) is 5.64. The number of rotatable bonds is 4. The molecule has 1 atom stereocenters. The highest BCUT2D eigenvalue weighted by Gasteiger charge is 2.41. The Bertz CT molecular complexity index is 1190. The molecular weight excluding hydrogens is 469 g/mol. The van der Waals surface area contributed by atoms with Crippen molar-refractivity contribution in [2.45, 2.75) is 38.5 Å². The molecular formula is C23H19Cl2F4NO2. The molecule has 1 unspecified atom stereocenters. The number of benzene rings is 2. The van der Waals surface area contributed by atoms with Gasteiger partial charge in [-0.15, -0.1) is 0 Å². The molecule has 170 valence electrons. The normalized spacial score (nSPS) is 13.7. The fourth-order valence-corrected chi connectivity index (χ4v) is 3.61. The lowest BCUT2D eigenvalue weighted by Crippen LogP contribution is -2.24. The molecule has 1 heterocycles. The van der Waals surface area contributed by atoms with Crippen LogP contribution in [0.1, 0.15) is 48.3 Å². The number of esters is 1. The van der Waals surface area contributed by atoms with E-state index in [0.717, 1.165) is 18.2 Å². The summed E-state index contributed by atoms with van der Waals surface area (Å²) in [6.45, 7) is 5.22. The van der Waals surface area contributed by atoms with E-state index in [4.69, 9.17) is 27.9 Å².